The molecule has 0 saturated heterocycles. The highest BCUT2D eigenvalue weighted by Crippen LogP contribution is 2.00. The number of urea groups is 1. The molecule has 0 aromatic carbocycles. The van der Waals surface area contributed by atoms with Crippen LogP contribution in [-0.2, 0) is 4.79 Å². The largest absolute Gasteiger partial charge is 0.334 e. The Morgan fingerprint density at radius 1 is 1.45 bits per heavy atom. The maximum Gasteiger partial charge on any atom is 0.334 e. The summed E-state index contributed by atoms with van der Waals surface area (Å²) in [6, 6.07) is -0.417. The Kier molecular flexibility index (Phi) is 4.44. The van der Waals surface area contributed by atoms with Gasteiger partial charge in [-0.25, -0.2) is 9.21 Å². The van der Waals surface area contributed by atoms with Crippen LogP contribution < -0.4 is 0 Å². The van der Waals surface area contributed by atoms with Crippen molar-refractivity contribution < 1.29 is 9.59 Å². The van der Waals surface area contributed by atoms with Crippen LogP contribution in [-0.4, -0.2) is 40.7 Å². The van der Waals surface area contributed by atoms with Crippen molar-refractivity contribution in [3.8, 4) is 0 Å². The fourth-order valence-electron chi connectivity index (χ4n) is 0.394. The minimum atomic E-state index is -0.417. The molecule has 0 rings (SSSR count). The standard InChI is InChI=1S/C5H8BrClN2O2/c1-8(2)5(11)9(7)3-4(6)10/h3H2,1-2H3. The Labute approximate surface area is 78.3 Å². The summed E-state index contributed by atoms with van der Waals surface area (Å²) in [5.41, 5.74) is 0. The number of nitrogens with zero attached hydrogens (tertiary/aromatic N) is 2. The van der Waals surface area contributed by atoms with Gasteiger partial charge >= 0.3 is 6.03 Å². The van der Waals surface area contributed by atoms with Gasteiger partial charge in [-0.15, -0.1) is 0 Å². The normalized spacial score (nSPS) is 9.09. The predicted molar refractivity (Wildman–Crippen MR) is 45.6 cm³/mol. The lowest BCUT2D eigenvalue weighted by molar-refractivity contribution is -0.110. The molecule has 0 aliphatic heterocycles. The zero-order chi connectivity index (χ0) is 9.02. The van der Waals surface area contributed by atoms with E-state index >= 15 is 0 Å². The van der Waals surface area contributed by atoms with Gasteiger partial charge in [0.25, 0.3) is 0 Å². The van der Waals surface area contributed by atoms with Crippen LogP contribution in [0.1, 0.15) is 0 Å². The molecule has 0 saturated carbocycles. The molecule has 0 aromatic heterocycles. The molecule has 0 fully saturated rings. The summed E-state index contributed by atoms with van der Waals surface area (Å²) in [5.74, 6) is 0. The second-order valence-corrected chi connectivity index (χ2v) is 3.34. The third-order valence-corrected chi connectivity index (χ3v) is 1.37. The Bertz CT molecular complexity index is 174. The van der Waals surface area contributed by atoms with Crippen LogP contribution in [0, 0.1) is 0 Å². The first-order chi connectivity index (χ1) is 4.95. The minimum absolute atomic E-state index is 0.140. The summed E-state index contributed by atoms with van der Waals surface area (Å²) in [6.45, 7) is -0.140. The van der Waals surface area contributed by atoms with Gasteiger partial charge in [-0.05, 0) is 15.9 Å². The average Bonchev–Trinajstić information content (AvgIpc) is 1.84. The van der Waals surface area contributed by atoms with E-state index in [1.165, 1.54) is 4.90 Å². The van der Waals surface area contributed by atoms with E-state index in [0.29, 0.717) is 0 Å². The van der Waals surface area contributed by atoms with Crippen LogP contribution in [0.3, 0.4) is 0 Å². The topological polar surface area (TPSA) is 40.6 Å². The third-order valence-electron chi connectivity index (χ3n) is 0.853. The molecular formula is C5H8BrClN2O2. The highest BCUT2D eigenvalue weighted by molar-refractivity contribution is 9.18. The molecule has 0 spiro atoms. The molecule has 0 bridgehead atoms. The molecule has 4 nitrogen and oxygen atoms in total. The number of amides is 2. The Morgan fingerprint density at radius 3 is 2.18 bits per heavy atom. The Hall–Kier alpha value is -0.290. The predicted octanol–water partition coefficient (Wildman–Crippen LogP) is 1.05. The molecular weight excluding hydrogens is 235 g/mol. The van der Waals surface area contributed by atoms with Crippen molar-refractivity contribution in [2.45, 2.75) is 0 Å². The molecule has 0 atom stereocenters. The zero-order valence-corrected chi connectivity index (χ0v) is 8.52. The zero-order valence-electron chi connectivity index (χ0n) is 6.17. The summed E-state index contributed by atoms with van der Waals surface area (Å²) in [6.07, 6.45) is 0. The number of halogens is 2. The number of rotatable bonds is 2. The van der Waals surface area contributed by atoms with E-state index in [-0.39, 0.29) is 11.2 Å². The van der Waals surface area contributed by atoms with Gasteiger partial charge in [0.1, 0.15) is 6.54 Å². The molecule has 0 radical (unpaired) electrons. The molecule has 0 heterocycles. The van der Waals surface area contributed by atoms with E-state index < -0.39 is 6.03 Å². The van der Waals surface area contributed by atoms with Gasteiger partial charge in [-0.3, -0.25) is 4.79 Å². The molecule has 0 aliphatic rings. The molecule has 2 amide bonds. The summed E-state index contributed by atoms with van der Waals surface area (Å²) < 4.78 is 0.472. The smallest absolute Gasteiger partial charge is 0.330 e. The van der Waals surface area contributed by atoms with Gasteiger partial charge in [0.15, 0.2) is 0 Å². The molecule has 0 N–H and O–H groups in total. The van der Waals surface area contributed by atoms with Crippen LogP contribution in [0.2, 0.25) is 0 Å². The van der Waals surface area contributed by atoms with E-state index in [1.807, 2.05) is 0 Å². The maximum atomic E-state index is 10.9. The second kappa shape index (κ2) is 4.56. The van der Waals surface area contributed by atoms with Crippen LogP contribution in [0.15, 0.2) is 0 Å². The number of carbonyl (C=O) groups is 2. The highest BCUT2D eigenvalue weighted by Gasteiger charge is 2.14. The molecule has 64 valence electrons. The first-order valence-electron chi connectivity index (χ1n) is 2.78. The molecule has 0 unspecified atom stereocenters. The maximum absolute atomic E-state index is 10.9. The van der Waals surface area contributed by atoms with Crippen molar-refractivity contribution in [1.29, 1.82) is 0 Å². The van der Waals surface area contributed by atoms with Crippen molar-refractivity contribution in [2.24, 2.45) is 0 Å². The van der Waals surface area contributed by atoms with Gasteiger partial charge in [0.2, 0.25) is 4.69 Å². The number of carbonyl (C=O) groups excluding carboxylic acids is 2. The van der Waals surface area contributed by atoms with Crippen molar-refractivity contribution in [1.82, 2.24) is 9.32 Å². The third kappa shape index (κ3) is 4.21. The van der Waals surface area contributed by atoms with Crippen molar-refractivity contribution in [3.05, 3.63) is 0 Å². The lowest BCUT2D eigenvalue weighted by Crippen LogP contribution is -2.34. The molecule has 11 heavy (non-hydrogen) atoms. The van der Waals surface area contributed by atoms with E-state index in [0.717, 1.165) is 4.42 Å². The lowest BCUT2D eigenvalue weighted by Gasteiger charge is -2.16. The van der Waals surface area contributed by atoms with Gasteiger partial charge in [-0.1, -0.05) is 0 Å². The molecule has 0 aromatic rings. The van der Waals surface area contributed by atoms with E-state index in [1.54, 1.807) is 14.1 Å². The van der Waals surface area contributed by atoms with Gasteiger partial charge in [-0.2, -0.15) is 0 Å². The van der Waals surface area contributed by atoms with E-state index in [9.17, 15) is 9.59 Å². The SMILES string of the molecule is CN(C)C(=O)N(Cl)CC(=O)Br. The number of hydrogen-bond donors (Lipinski definition) is 0. The first kappa shape index (κ1) is 10.7. The van der Waals surface area contributed by atoms with Gasteiger partial charge in [0.05, 0.1) is 0 Å². The first-order valence-corrected chi connectivity index (χ1v) is 3.91. The summed E-state index contributed by atoms with van der Waals surface area (Å²) in [7, 11) is 3.10. The van der Waals surface area contributed by atoms with Crippen LogP contribution in [0.4, 0.5) is 4.79 Å². The number of hydrogen-bond acceptors (Lipinski definition) is 2. The Morgan fingerprint density at radius 2 is 1.91 bits per heavy atom. The molecule has 0 aliphatic carbocycles. The van der Waals surface area contributed by atoms with Gasteiger partial charge in [0, 0.05) is 25.9 Å². The van der Waals surface area contributed by atoms with E-state index in [2.05, 4.69) is 15.9 Å². The van der Waals surface area contributed by atoms with Crippen LogP contribution in [0.25, 0.3) is 0 Å². The van der Waals surface area contributed by atoms with Gasteiger partial charge < -0.3 is 4.90 Å². The lowest BCUT2D eigenvalue weighted by atomic mass is 10.7. The monoisotopic (exact) mass is 242 g/mol. The van der Waals surface area contributed by atoms with Crippen LogP contribution >= 0.6 is 27.7 Å². The Balaban J connectivity index is 3.93. The van der Waals surface area contributed by atoms with Crippen molar-refractivity contribution in [3.63, 3.8) is 0 Å². The fourth-order valence-corrected chi connectivity index (χ4v) is 1.05. The summed E-state index contributed by atoms with van der Waals surface area (Å²) in [4.78, 5) is 22.6. The van der Waals surface area contributed by atoms with E-state index in [4.69, 9.17) is 11.8 Å². The van der Waals surface area contributed by atoms with Crippen molar-refractivity contribution in [2.75, 3.05) is 20.6 Å². The summed E-state index contributed by atoms with van der Waals surface area (Å²) in [5, 5.41) is 0. The van der Waals surface area contributed by atoms with Crippen molar-refractivity contribution >= 4 is 38.4 Å². The van der Waals surface area contributed by atoms with Crippen LogP contribution in [0.5, 0.6) is 0 Å². The highest BCUT2D eigenvalue weighted by atomic mass is 79.9. The minimum Gasteiger partial charge on any atom is -0.330 e. The average molecular weight is 243 g/mol. The molecule has 6 heteroatoms. The second-order valence-electron chi connectivity index (χ2n) is 2.05. The fraction of sp³-hybridized carbons (Fsp3) is 0.600. The summed E-state index contributed by atoms with van der Waals surface area (Å²) >= 11 is 8.07. The quantitative estimate of drug-likeness (QED) is 0.537.